The standard InChI is InChI=1S/C23H18ClN3O5/c1-30-20-9-3-2-8-17(20)25-22(28)14-32-23(29)18-13-19(21-10-5-11-31-21)27(26-18)16-7-4-6-15(24)12-16/h2-13H,14H2,1H3,(H,25,28). The molecule has 0 aliphatic rings. The average Bonchev–Trinajstić information content (AvgIpc) is 3.48. The topological polar surface area (TPSA) is 95.6 Å². The van der Waals surface area contributed by atoms with Gasteiger partial charge in [-0.25, -0.2) is 9.48 Å². The molecule has 0 saturated heterocycles. The van der Waals surface area contributed by atoms with Crippen molar-refractivity contribution < 1.29 is 23.5 Å². The van der Waals surface area contributed by atoms with Gasteiger partial charge in [0.15, 0.2) is 18.1 Å². The molecule has 0 aliphatic heterocycles. The number of carbonyl (C=O) groups is 2. The third-order valence-corrected chi connectivity index (χ3v) is 4.70. The number of amides is 1. The number of rotatable bonds is 7. The molecule has 8 nitrogen and oxygen atoms in total. The Morgan fingerprint density at radius 3 is 2.69 bits per heavy atom. The molecule has 32 heavy (non-hydrogen) atoms. The van der Waals surface area contributed by atoms with Crippen molar-refractivity contribution in [3.8, 4) is 22.9 Å². The second-order valence-corrected chi connectivity index (χ2v) is 7.04. The summed E-state index contributed by atoms with van der Waals surface area (Å²) in [4.78, 5) is 24.8. The number of carbonyl (C=O) groups excluding carboxylic acids is 2. The van der Waals surface area contributed by atoms with Gasteiger partial charge in [-0.3, -0.25) is 4.79 Å². The molecule has 0 spiro atoms. The van der Waals surface area contributed by atoms with E-state index >= 15 is 0 Å². The highest BCUT2D eigenvalue weighted by Gasteiger charge is 2.20. The van der Waals surface area contributed by atoms with Crippen LogP contribution in [0.4, 0.5) is 5.69 Å². The lowest BCUT2D eigenvalue weighted by Crippen LogP contribution is -2.21. The molecule has 9 heteroatoms. The highest BCUT2D eigenvalue weighted by atomic mass is 35.5. The van der Waals surface area contributed by atoms with Crippen LogP contribution in [-0.2, 0) is 9.53 Å². The maximum absolute atomic E-state index is 12.6. The van der Waals surface area contributed by atoms with Gasteiger partial charge < -0.3 is 19.2 Å². The molecule has 0 saturated carbocycles. The van der Waals surface area contributed by atoms with Crippen LogP contribution in [0.3, 0.4) is 0 Å². The fraction of sp³-hybridized carbons (Fsp3) is 0.0870. The van der Waals surface area contributed by atoms with Gasteiger partial charge in [-0.15, -0.1) is 0 Å². The fourth-order valence-corrected chi connectivity index (χ4v) is 3.21. The van der Waals surface area contributed by atoms with Gasteiger partial charge in [0.25, 0.3) is 5.91 Å². The predicted molar refractivity (Wildman–Crippen MR) is 118 cm³/mol. The first-order chi connectivity index (χ1) is 15.5. The van der Waals surface area contributed by atoms with E-state index in [0.29, 0.717) is 33.6 Å². The number of hydrogen-bond acceptors (Lipinski definition) is 6. The van der Waals surface area contributed by atoms with Crippen molar-refractivity contribution in [1.29, 1.82) is 0 Å². The number of methoxy groups -OCH3 is 1. The van der Waals surface area contributed by atoms with Gasteiger partial charge >= 0.3 is 5.97 Å². The molecule has 0 atom stereocenters. The summed E-state index contributed by atoms with van der Waals surface area (Å²) in [6, 6.07) is 18.9. The second kappa shape index (κ2) is 9.40. The molecule has 0 fully saturated rings. The van der Waals surface area contributed by atoms with Crippen LogP contribution in [0.5, 0.6) is 5.75 Å². The number of furan rings is 1. The summed E-state index contributed by atoms with van der Waals surface area (Å²) in [6.07, 6.45) is 1.52. The molecular weight excluding hydrogens is 434 g/mol. The Morgan fingerprint density at radius 2 is 1.94 bits per heavy atom. The van der Waals surface area contributed by atoms with Gasteiger partial charge in [0.1, 0.15) is 11.4 Å². The van der Waals surface area contributed by atoms with E-state index in [-0.39, 0.29) is 5.69 Å². The zero-order valence-corrected chi connectivity index (χ0v) is 17.7. The largest absolute Gasteiger partial charge is 0.495 e. The molecule has 4 aromatic rings. The number of hydrogen-bond donors (Lipinski definition) is 1. The normalized spacial score (nSPS) is 10.6. The van der Waals surface area contributed by atoms with Crippen LogP contribution in [0.2, 0.25) is 5.02 Å². The Balaban J connectivity index is 1.51. The van der Waals surface area contributed by atoms with Crippen LogP contribution < -0.4 is 10.1 Å². The summed E-state index contributed by atoms with van der Waals surface area (Å²) in [5.74, 6) is -0.266. The molecule has 2 aromatic carbocycles. The van der Waals surface area contributed by atoms with E-state index < -0.39 is 18.5 Å². The van der Waals surface area contributed by atoms with Gasteiger partial charge in [0.2, 0.25) is 0 Å². The fourth-order valence-electron chi connectivity index (χ4n) is 3.02. The molecule has 0 unspecified atom stereocenters. The van der Waals surface area contributed by atoms with E-state index in [1.54, 1.807) is 60.7 Å². The van der Waals surface area contributed by atoms with Crippen LogP contribution in [0.25, 0.3) is 17.1 Å². The monoisotopic (exact) mass is 451 g/mol. The average molecular weight is 452 g/mol. The summed E-state index contributed by atoms with van der Waals surface area (Å²) in [5.41, 5.74) is 1.66. The zero-order valence-electron chi connectivity index (χ0n) is 16.9. The summed E-state index contributed by atoms with van der Waals surface area (Å²) < 4.78 is 17.3. The molecule has 0 radical (unpaired) electrons. The van der Waals surface area contributed by atoms with Crippen LogP contribution in [-0.4, -0.2) is 35.4 Å². The SMILES string of the molecule is COc1ccccc1NC(=O)COC(=O)c1cc(-c2ccco2)n(-c2cccc(Cl)c2)n1. The first-order valence-corrected chi connectivity index (χ1v) is 9.93. The Kier molecular flexibility index (Phi) is 6.23. The second-order valence-electron chi connectivity index (χ2n) is 6.61. The van der Waals surface area contributed by atoms with E-state index in [1.165, 1.54) is 24.1 Å². The lowest BCUT2D eigenvalue weighted by Gasteiger charge is -2.09. The third kappa shape index (κ3) is 4.65. The van der Waals surface area contributed by atoms with E-state index in [4.69, 9.17) is 25.5 Å². The number of anilines is 1. The molecule has 0 aliphatic carbocycles. The maximum atomic E-state index is 12.6. The lowest BCUT2D eigenvalue weighted by atomic mass is 10.2. The Bertz CT molecular complexity index is 1250. The quantitative estimate of drug-likeness (QED) is 0.413. The van der Waals surface area contributed by atoms with Crippen LogP contribution in [0.1, 0.15) is 10.5 Å². The minimum absolute atomic E-state index is 0.0152. The maximum Gasteiger partial charge on any atom is 0.359 e. The van der Waals surface area contributed by atoms with Gasteiger partial charge in [0.05, 0.1) is 24.7 Å². The third-order valence-electron chi connectivity index (χ3n) is 4.46. The van der Waals surface area contributed by atoms with Gasteiger partial charge in [0, 0.05) is 11.1 Å². The van der Waals surface area contributed by atoms with Crippen molar-refractivity contribution in [2.24, 2.45) is 0 Å². The van der Waals surface area contributed by atoms with Crippen molar-refractivity contribution in [1.82, 2.24) is 9.78 Å². The first-order valence-electron chi connectivity index (χ1n) is 9.55. The van der Waals surface area contributed by atoms with E-state index in [9.17, 15) is 9.59 Å². The zero-order chi connectivity index (χ0) is 22.5. The van der Waals surface area contributed by atoms with Crippen molar-refractivity contribution in [3.05, 3.63) is 83.7 Å². The summed E-state index contributed by atoms with van der Waals surface area (Å²) in [5, 5.41) is 7.50. The van der Waals surface area contributed by atoms with Crippen LogP contribution in [0.15, 0.2) is 77.4 Å². The van der Waals surface area contributed by atoms with Gasteiger partial charge in [-0.1, -0.05) is 29.8 Å². The van der Waals surface area contributed by atoms with Gasteiger partial charge in [-0.05, 0) is 42.5 Å². The molecule has 162 valence electrons. The number of ether oxygens (including phenoxy) is 2. The van der Waals surface area contributed by atoms with E-state index in [1.807, 2.05) is 0 Å². The summed E-state index contributed by atoms with van der Waals surface area (Å²) >= 11 is 6.10. The summed E-state index contributed by atoms with van der Waals surface area (Å²) in [6.45, 7) is -0.489. The number of para-hydroxylation sites is 2. The van der Waals surface area contributed by atoms with E-state index in [2.05, 4.69) is 10.4 Å². The molecule has 1 amide bonds. The van der Waals surface area contributed by atoms with Crippen molar-refractivity contribution in [2.75, 3.05) is 19.0 Å². The molecule has 4 rings (SSSR count). The lowest BCUT2D eigenvalue weighted by molar-refractivity contribution is -0.119. The minimum Gasteiger partial charge on any atom is -0.495 e. The number of aromatic nitrogens is 2. The number of nitrogens with one attached hydrogen (secondary N) is 1. The number of benzene rings is 2. The van der Waals surface area contributed by atoms with Crippen molar-refractivity contribution >= 4 is 29.2 Å². The van der Waals surface area contributed by atoms with E-state index in [0.717, 1.165) is 0 Å². The van der Waals surface area contributed by atoms with Crippen LogP contribution >= 0.6 is 11.6 Å². The summed E-state index contributed by atoms with van der Waals surface area (Å²) in [7, 11) is 1.50. The molecule has 2 heterocycles. The van der Waals surface area contributed by atoms with Crippen molar-refractivity contribution in [2.45, 2.75) is 0 Å². The molecule has 2 aromatic heterocycles. The highest BCUT2D eigenvalue weighted by Crippen LogP contribution is 2.26. The highest BCUT2D eigenvalue weighted by molar-refractivity contribution is 6.30. The molecule has 1 N–H and O–H groups in total. The van der Waals surface area contributed by atoms with Crippen molar-refractivity contribution in [3.63, 3.8) is 0 Å². The predicted octanol–water partition coefficient (Wildman–Crippen LogP) is 4.59. The number of halogens is 1. The Morgan fingerprint density at radius 1 is 1.09 bits per heavy atom. The molecule has 0 bridgehead atoms. The van der Waals surface area contributed by atoms with Crippen LogP contribution in [0, 0.1) is 0 Å². The molecular formula is C23H18ClN3O5. The smallest absolute Gasteiger partial charge is 0.359 e. The Hall–Kier alpha value is -4.04. The number of esters is 1. The minimum atomic E-state index is -0.756. The van der Waals surface area contributed by atoms with Gasteiger partial charge in [-0.2, -0.15) is 5.10 Å². The first kappa shape index (κ1) is 21.2. The Labute approximate surface area is 188 Å². The number of nitrogens with zero attached hydrogens (tertiary/aromatic N) is 2.